The summed E-state index contributed by atoms with van der Waals surface area (Å²) in [5.41, 5.74) is 0. The summed E-state index contributed by atoms with van der Waals surface area (Å²) in [6, 6.07) is -0.285. The van der Waals surface area contributed by atoms with Gasteiger partial charge in [-0.1, -0.05) is 20.8 Å². The number of amides is 1. The van der Waals surface area contributed by atoms with Crippen molar-refractivity contribution in [2.75, 3.05) is 0 Å². The molecule has 1 unspecified atom stereocenters. The van der Waals surface area contributed by atoms with Crippen LogP contribution in [0.1, 0.15) is 33.6 Å². The van der Waals surface area contributed by atoms with Gasteiger partial charge in [0.2, 0.25) is 6.41 Å². The third-order valence-corrected chi connectivity index (χ3v) is 1.71. The van der Waals surface area contributed by atoms with Gasteiger partial charge in [0.05, 0.1) is 6.04 Å². The molecule has 1 amide bonds. The lowest BCUT2D eigenvalue weighted by atomic mass is 9.99. The van der Waals surface area contributed by atoms with Crippen molar-refractivity contribution in [3.63, 3.8) is 0 Å². The van der Waals surface area contributed by atoms with Crippen LogP contribution in [0.5, 0.6) is 0 Å². The molecule has 0 heterocycles. The number of rotatable bonds is 6. The Balaban J connectivity index is 4.02. The van der Waals surface area contributed by atoms with Gasteiger partial charge in [0.1, 0.15) is 0 Å². The maximum atomic E-state index is 11.2. The first-order valence-corrected chi connectivity index (χ1v) is 4.34. The summed E-state index contributed by atoms with van der Waals surface area (Å²) in [7, 11) is 0. The van der Waals surface area contributed by atoms with E-state index in [9.17, 15) is 9.59 Å². The smallest absolute Gasteiger partial charge is 0.207 e. The lowest BCUT2D eigenvalue weighted by Gasteiger charge is -2.15. The van der Waals surface area contributed by atoms with Crippen LogP contribution in [0.25, 0.3) is 0 Å². The van der Waals surface area contributed by atoms with E-state index in [4.69, 9.17) is 0 Å². The molecule has 0 aliphatic rings. The Kier molecular flexibility index (Phi) is 5.34. The Hall–Kier alpha value is -0.860. The SMILES string of the molecule is CCC(=O)C(CC(C)C)NC=O. The molecule has 0 aromatic rings. The van der Waals surface area contributed by atoms with Crippen molar-refractivity contribution in [3.8, 4) is 0 Å². The molecule has 0 spiro atoms. The Morgan fingerprint density at radius 1 is 1.50 bits per heavy atom. The van der Waals surface area contributed by atoms with Gasteiger partial charge >= 0.3 is 0 Å². The van der Waals surface area contributed by atoms with E-state index in [1.165, 1.54) is 0 Å². The van der Waals surface area contributed by atoms with E-state index in [1.807, 2.05) is 20.8 Å². The highest BCUT2D eigenvalue weighted by Crippen LogP contribution is 2.06. The molecule has 0 aliphatic heterocycles. The highest BCUT2D eigenvalue weighted by molar-refractivity contribution is 5.85. The molecule has 0 aliphatic carbocycles. The molecule has 0 saturated heterocycles. The van der Waals surface area contributed by atoms with E-state index < -0.39 is 0 Å². The molecule has 0 saturated carbocycles. The van der Waals surface area contributed by atoms with Crippen molar-refractivity contribution in [1.29, 1.82) is 0 Å². The average molecular weight is 171 g/mol. The van der Waals surface area contributed by atoms with E-state index in [-0.39, 0.29) is 11.8 Å². The lowest BCUT2D eigenvalue weighted by molar-refractivity contribution is -0.123. The first-order chi connectivity index (χ1) is 5.61. The van der Waals surface area contributed by atoms with Crippen molar-refractivity contribution < 1.29 is 9.59 Å². The zero-order valence-electron chi connectivity index (χ0n) is 7.96. The maximum absolute atomic E-state index is 11.2. The molecule has 1 atom stereocenters. The van der Waals surface area contributed by atoms with Crippen LogP contribution in [0.4, 0.5) is 0 Å². The molecule has 1 N–H and O–H groups in total. The number of hydrogen-bond donors (Lipinski definition) is 1. The van der Waals surface area contributed by atoms with Gasteiger partial charge in [0.15, 0.2) is 5.78 Å². The number of carbonyl (C=O) groups is 2. The average Bonchev–Trinajstić information content (AvgIpc) is 2.01. The van der Waals surface area contributed by atoms with Crippen LogP contribution >= 0.6 is 0 Å². The zero-order chi connectivity index (χ0) is 9.56. The summed E-state index contributed by atoms with van der Waals surface area (Å²) in [5.74, 6) is 0.536. The Morgan fingerprint density at radius 3 is 2.42 bits per heavy atom. The molecule has 0 fully saturated rings. The van der Waals surface area contributed by atoms with Crippen LogP contribution in [0.2, 0.25) is 0 Å². The van der Waals surface area contributed by atoms with Gasteiger partial charge in [-0.2, -0.15) is 0 Å². The Morgan fingerprint density at radius 2 is 2.08 bits per heavy atom. The molecule has 70 valence electrons. The van der Waals surface area contributed by atoms with E-state index in [1.54, 1.807) is 0 Å². The fourth-order valence-corrected chi connectivity index (χ4v) is 1.09. The van der Waals surface area contributed by atoms with Gasteiger partial charge in [-0.15, -0.1) is 0 Å². The molecule has 0 bridgehead atoms. The molecule has 0 radical (unpaired) electrons. The van der Waals surface area contributed by atoms with Gasteiger partial charge in [-0.25, -0.2) is 0 Å². The molecular weight excluding hydrogens is 154 g/mol. The highest BCUT2D eigenvalue weighted by atomic mass is 16.1. The minimum absolute atomic E-state index is 0.107. The third-order valence-electron chi connectivity index (χ3n) is 1.71. The predicted octanol–water partition coefficient (Wildman–Crippen LogP) is 1.13. The summed E-state index contributed by atoms with van der Waals surface area (Å²) >= 11 is 0. The summed E-state index contributed by atoms with van der Waals surface area (Å²) in [4.78, 5) is 21.4. The van der Waals surface area contributed by atoms with E-state index in [0.717, 1.165) is 6.42 Å². The van der Waals surface area contributed by atoms with Gasteiger partial charge in [0.25, 0.3) is 0 Å². The minimum atomic E-state index is -0.285. The first-order valence-electron chi connectivity index (χ1n) is 4.34. The van der Waals surface area contributed by atoms with Crippen LogP contribution in [0.15, 0.2) is 0 Å². The second kappa shape index (κ2) is 5.75. The normalized spacial score (nSPS) is 12.7. The number of hydrogen-bond acceptors (Lipinski definition) is 2. The largest absolute Gasteiger partial charge is 0.349 e. The molecule has 0 aromatic carbocycles. The van der Waals surface area contributed by atoms with Crippen LogP contribution in [-0.4, -0.2) is 18.2 Å². The second-order valence-electron chi connectivity index (χ2n) is 3.29. The van der Waals surface area contributed by atoms with Crippen LogP contribution in [0, 0.1) is 5.92 Å². The van der Waals surface area contributed by atoms with Gasteiger partial charge in [-0.05, 0) is 12.3 Å². The summed E-state index contributed by atoms with van der Waals surface area (Å²) in [6.07, 6.45) is 1.81. The van der Waals surface area contributed by atoms with Crippen molar-refractivity contribution in [1.82, 2.24) is 5.32 Å². The zero-order valence-corrected chi connectivity index (χ0v) is 7.96. The molecule has 0 rings (SSSR count). The highest BCUT2D eigenvalue weighted by Gasteiger charge is 2.16. The monoisotopic (exact) mass is 171 g/mol. The van der Waals surface area contributed by atoms with E-state index >= 15 is 0 Å². The summed E-state index contributed by atoms with van der Waals surface area (Å²) < 4.78 is 0. The molecule has 12 heavy (non-hydrogen) atoms. The van der Waals surface area contributed by atoms with Crippen LogP contribution < -0.4 is 5.32 Å². The number of nitrogens with one attached hydrogen (secondary N) is 1. The van der Waals surface area contributed by atoms with Gasteiger partial charge < -0.3 is 5.32 Å². The Bertz CT molecular complexity index is 155. The summed E-state index contributed by atoms with van der Waals surface area (Å²) in [6.45, 7) is 5.87. The molecule has 0 aromatic heterocycles. The first kappa shape index (κ1) is 11.1. The van der Waals surface area contributed by atoms with Crippen LogP contribution in [0.3, 0.4) is 0 Å². The second-order valence-corrected chi connectivity index (χ2v) is 3.29. The van der Waals surface area contributed by atoms with Gasteiger partial charge in [-0.3, -0.25) is 9.59 Å². The van der Waals surface area contributed by atoms with Crippen molar-refractivity contribution >= 4 is 12.2 Å². The van der Waals surface area contributed by atoms with Crippen molar-refractivity contribution in [2.45, 2.75) is 39.7 Å². The summed E-state index contributed by atoms with van der Waals surface area (Å²) in [5, 5.41) is 2.53. The van der Waals surface area contributed by atoms with Crippen LogP contribution in [-0.2, 0) is 9.59 Å². The molecule has 3 nitrogen and oxygen atoms in total. The predicted molar refractivity (Wildman–Crippen MR) is 47.7 cm³/mol. The minimum Gasteiger partial charge on any atom is -0.349 e. The topological polar surface area (TPSA) is 46.2 Å². The molecule has 3 heteroatoms. The number of carbonyl (C=O) groups excluding carboxylic acids is 2. The maximum Gasteiger partial charge on any atom is 0.207 e. The number of Topliss-reactive ketones (excluding diaryl/α,β-unsaturated/α-hetero) is 1. The van der Waals surface area contributed by atoms with Crippen molar-refractivity contribution in [2.24, 2.45) is 5.92 Å². The number of ketones is 1. The standard InChI is InChI=1S/C9H17NO2/c1-4-9(12)8(10-6-11)5-7(2)3/h6-8H,4-5H2,1-3H3,(H,10,11). The quantitative estimate of drug-likeness (QED) is 0.609. The fourth-order valence-electron chi connectivity index (χ4n) is 1.09. The molecular formula is C9H17NO2. The lowest BCUT2D eigenvalue weighted by Crippen LogP contribution is -2.36. The van der Waals surface area contributed by atoms with Gasteiger partial charge in [0, 0.05) is 6.42 Å². The van der Waals surface area contributed by atoms with Crippen molar-refractivity contribution in [3.05, 3.63) is 0 Å². The third kappa shape index (κ3) is 4.11. The van der Waals surface area contributed by atoms with E-state index in [0.29, 0.717) is 18.7 Å². The van der Waals surface area contributed by atoms with E-state index in [2.05, 4.69) is 5.32 Å². The fraction of sp³-hybridized carbons (Fsp3) is 0.778. The Labute approximate surface area is 73.5 Å².